The maximum Gasteiger partial charge on any atom is 0.224 e. The monoisotopic (exact) mass is 338 g/mol. The van der Waals surface area contributed by atoms with Crippen LogP contribution >= 0.6 is 0 Å². The number of carbonyl (C=O) groups is 1. The van der Waals surface area contributed by atoms with Crippen LogP contribution < -0.4 is 5.32 Å². The topological polar surface area (TPSA) is 70.7 Å². The third-order valence-electron chi connectivity index (χ3n) is 4.01. The summed E-state index contributed by atoms with van der Waals surface area (Å²) in [6, 6.07) is 9.96. The minimum absolute atomic E-state index is 0.0677. The summed E-state index contributed by atoms with van der Waals surface area (Å²) in [5, 5.41) is 10.1. The van der Waals surface area contributed by atoms with E-state index in [0.29, 0.717) is 12.2 Å². The summed E-state index contributed by atoms with van der Waals surface area (Å²) in [7, 11) is 0. The number of nitrogens with zero attached hydrogens (tertiary/aromatic N) is 2. The summed E-state index contributed by atoms with van der Waals surface area (Å²) in [5.74, 6) is -0.367. The number of carbonyl (C=O) groups excluding carboxylic acids is 1. The van der Waals surface area contributed by atoms with E-state index < -0.39 is 0 Å². The lowest BCUT2D eigenvalue weighted by molar-refractivity contribution is -0.120. The largest absolute Gasteiger partial charge is 0.355 e. The van der Waals surface area contributed by atoms with E-state index in [-0.39, 0.29) is 18.1 Å². The molecular formula is C19H19FN4O. The van der Waals surface area contributed by atoms with Crippen molar-refractivity contribution in [3.8, 4) is 11.3 Å². The number of hydrogen-bond donors (Lipinski definition) is 2. The molecule has 0 aliphatic rings. The highest BCUT2D eigenvalue weighted by atomic mass is 19.1. The Morgan fingerprint density at radius 1 is 1.16 bits per heavy atom. The Balaban J connectivity index is 1.63. The number of aromatic nitrogens is 3. The standard InChI is InChI=1S/C19H19FN4O/c1-13-17(19(24-23-13)15-2-4-16(20)5-3-15)12-18(25)22-11-8-14-6-9-21-10-7-14/h2-7,9-10H,8,11-12H2,1H3,(H,22,25)(H,23,24). The van der Waals surface area contributed by atoms with E-state index in [1.807, 2.05) is 19.1 Å². The van der Waals surface area contributed by atoms with E-state index in [2.05, 4.69) is 20.5 Å². The molecule has 0 saturated carbocycles. The first-order valence-corrected chi connectivity index (χ1v) is 8.09. The lowest BCUT2D eigenvalue weighted by atomic mass is 10.0. The van der Waals surface area contributed by atoms with Gasteiger partial charge in [0.1, 0.15) is 5.82 Å². The molecule has 5 nitrogen and oxygen atoms in total. The van der Waals surface area contributed by atoms with Gasteiger partial charge in [0, 0.05) is 35.8 Å². The van der Waals surface area contributed by atoms with Crippen molar-refractivity contribution in [3.05, 3.63) is 71.4 Å². The third kappa shape index (κ3) is 4.29. The third-order valence-corrected chi connectivity index (χ3v) is 4.01. The van der Waals surface area contributed by atoms with Crippen LogP contribution in [0.3, 0.4) is 0 Å². The highest BCUT2D eigenvalue weighted by Crippen LogP contribution is 2.24. The Morgan fingerprint density at radius 2 is 1.88 bits per heavy atom. The second-order valence-electron chi connectivity index (χ2n) is 5.81. The van der Waals surface area contributed by atoms with Crippen LogP contribution in [0.25, 0.3) is 11.3 Å². The number of aryl methyl sites for hydroxylation is 1. The van der Waals surface area contributed by atoms with Crippen molar-refractivity contribution < 1.29 is 9.18 Å². The Morgan fingerprint density at radius 3 is 2.60 bits per heavy atom. The average Bonchev–Trinajstić information content (AvgIpc) is 2.97. The minimum Gasteiger partial charge on any atom is -0.355 e. The second kappa shape index (κ2) is 7.70. The molecule has 0 bridgehead atoms. The maximum absolute atomic E-state index is 13.1. The summed E-state index contributed by atoms with van der Waals surface area (Å²) in [5.41, 5.74) is 4.26. The quantitative estimate of drug-likeness (QED) is 0.726. The van der Waals surface area contributed by atoms with Gasteiger partial charge in [-0.15, -0.1) is 0 Å². The smallest absolute Gasteiger partial charge is 0.224 e. The molecule has 25 heavy (non-hydrogen) atoms. The van der Waals surface area contributed by atoms with Crippen LogP contribution in [-0.2, 0) is 17.6 Å². The van der Waals surface area contributed by atoms with E-state index >= 15 is 0 Å². The Kier molecular flexibility index (Phi) is 5.18. The molecule has 128 valence electrons. The van der Waals surface area contributed by atoms with Crippen molar-refractivity contribution in [2.45, 2.75) is 19.8 Å². The number of H-pyrrole nitrogens is 1. The summed E-state index contributed by atoms with van der Waals surface area (Å²) in [6.07, 6.45) is 4.46. The van der Waals surface area contributed by atoms with Crippen molar-refractivity contribution in [3.63, 3.8) is 0 Å². The SMILES string of the molecule is Cc1[nH]nc(-c2ccc(F)cc2)c1CC(=O)NCCc1ccncc1. The molecule has 0 unspecified atom stereocenters. The maximum atomic E-state index is 13.1. The Labute approximate surface area is 145 Å². The number of halogens is 1. The first-order chi connectivity index (χ1) is 12.1. The molecule has 2 aromatic heterocycles. The molecule has 2 N–H and O–H groups in total. The van der Waals surface area contributed by atoms with Gasteiger partial charge < -0.3 is 5.32 Å². The molecule has 0 atom stereocenters. The van der Waals surface area contributed by atoms with Crippen LogP contribution in [0.15, 0.2) is 48.8 Å². The number of amides is 1. The highest BCUT2D eigenvalue weighted by Gasteiger charge is 2.15. The second-order valence-corrected chi connectivity index (χ2v) is 5.81. The molecule has 0 saturated heterocycles. The van der Waals surface area contributed by atoms with Crippen molar-refractivity contribution in [2.24, 2.45) is 0 Å². The Hall–Kier alpha value is -3.02. The predicted molar refractivity (Wildman–Crippen MR) is 93.4 cm³/mol. The van der Waals surface area contributed by atoms with Gasteiger partial charge in [-0.3, -0.25) is 14.9 Å². The van der Waals surface area contributed by atoms with Gasteiger partial charge in [-0.2, -0.15) is 5.10 Å². The summed E-state index contributed by atoms with van der Waals surface area (Å²) in [4.78, 5) is 16.2. The highest BCUT2D eigenvalue weighted by molar-refractivity contribution is 5.81. The van der Waals surface area contributed by atoms with Gasteiger partial charge in [0.05, 0.1) is 12.1 Å². The van der Waals surface area contributed by atoms with E-state index in [9.17, 15) is 9.18 Å². The van der Waals surface area contributed by atoms with Gasteiger partial charge in [0.25, 0.3) is 0 Å². The fourth-order valence-electron chi connectivity index (χ4n) is 2.63. The van der Waals surface area contributed by atoms with Gasteiger partial charge in [0.2, 0.25) is 5.91 Å². The van der Waals surface area contributed by atoms with Gasteiger partial charge >= 0.3 is 0 Å². The zero-order valence-corrected chi connectivity index (χ0v) is 13.9. The molecule has 0 spiro atoms. The number of nitrogens with one attached hydrogen (secondary N) is 2. The molecule has 0 fully saturated rings. The summed E-state index contributed by atoms with van der Waals surface area (Å²) < 4.78 is 13.1. The molecular weight excluding hydrogens is 319 g/mol. The zero-order valence-electron chi connectivity index (χ0n) is 13.9. The summed E-state index contributed by atoms with van der Waals surface area (Å²) >= 11 is 0. The van der Waals surface area contributed by atoms with E-state index in [0.717, 1.165) is 28.8 Å². The number of hydrogen-bond acceptors (Lipinski definition) is 3. The molecule has 3 aromatic rings. The number of benzene rings is 1. The number of rotatable bonds is 6. The van der Waals surface area contributed by atoms with Crippen molar-refractivity contribution >= 4 is 5.91 Å². The van der Waals surface area contributed by atoms with Crippen molar-refractivity contribution in [2.75, 3.05) is 6.54 Å². The van der Waals surface area contributed by atoms with Crippen LogP contribution in [-0.4, -0.2) is 27.6 Å². The molecule has 2 heterocycles. The molecule has 0 radical (unpaired) electrons. The lowest BCUT2D eigenvalue weighted by Gasteiger charge is -2.07. The predicted octanol–water partition coefficient (Wildman–Crippen LogP) is 2.82. The summed E-state index contributed by atoms with van der Waals surface area (Å²) in [6.45, 7) is 2.44. The van der Waals surface area contributed by atoms with Crippen LogP contribution in [0.5, 0.6) is 0 Å². The molecule has 0 aliphatic heterocycles. The van der Waals surface area contributed by atoms with Gasteiger partial charge in [-0.25, -0.2) is 4.39 Å². The lowest BCUT2D eigenvalue weighted by Crippen LogP contribution is -2.27. The van der Waals surface area contributed by atoms with Gasteiger partial charge in [-0.1, -0.05) is 0 Å². The van der Waals surface area contributed by atoms with Gasteiger partial charge in [-0.05, 0) is 55.3 Å². The van der Waals surface area contributed by atoms with Crippen LogP contribution in [0.2, 0.25) is 0 Å². The van der Waals surface area contributed by atoms with Gasteiger partial charge in [0.15, 0.2) is 0 Å². The molecule has 0 aliphatic carbocycles. The van der Waals surface area contributed by atoms with Crippen molar-refractivity contribution in [1.82, 2.24) is 20.5 Å². The van der Waals surface area contributed by atoms with E-state index in [4.69, 9.17) is 0 Å². The first kappa shape index (κ1) is 16.8. The molecule has 1 aromatic carbocycles. The van der Waals surface area contributed by atoms with E-state index in [1.54, 1.807) is 24.5 Å². The Bertz CT molecular complexity index is 844. The molecule has 1 amide bonds. The van der Waals surface area contributed by atoms with Crippen LogP contribution in [0, 0.1) is 12.7 Å². The fourth-order valence-corrected chi connectivity index (χ4v) is 2.63. The molecule has 6 heteroatoms. The zero-order chi connectivity index (χ0) is 17.6. The number of aromatic amines is 1. The average molecular weight is 338 g/mol. The van der Waals surface area contributed by atoms with Crippen molar-refractivity contribution in [1.29, 1.82) is 0 Å². The molecule has 3 rings (SSSR count). The van der Waals surface area contributed by atoms with Crippen LogP contribution in [0.4, 0.5) is 4.39 Å². The van der Waals surface area contributed by atoms with Crippen LogP contribution in [0.1, 0.15) is 16.8 Å². The first-order valence-electron chi connectivity index (χ1n) is 8.09. The van der Waals surface area contributed by atoms with E-state index in [1.165, 1.54) is 12.1 Å². The minimum atomic E-state index is -0.300. The fraction of sp³-hybridized carbons (Fsp3) is 0.211. The normalized spacial score (nSPS) is 10.6. The number of pyridine rings is 1.